The molecule has 0 saturated heterocycles. The van der Waals surface area contributed by atoms with Crippen LogP contribution in [0.2, 0.25) is 6.82 Å². The van der Waals surface area contributed by atoms with Gasteiger partial charge >= 0.3 is 19.8 Å². The second-order valence-electron chi connectivity index (χ2n) is 8.78. The van der Waals surface area contributed by atoms with Crippen molar-refractivity contribution in [2.75, 3.05) is 5.34 Å². The molecule has 0 aliphatic rings. The van der Waals surface area contributed by atoms with E-state index in [4.69, 9.17) is 51.3 Å². The van der Waals surface area contributed by atoms with Gasteiger partial charge in [-0.1, -0.05) is 42.9 Å². The quantitative estimate of drug-likeness (QED) is 0.0575. The van der Waals surface area contributed by atoms with E-state index in [0.29, 0.717) is 22.6 Å². The Morgan fingerprint density at radius 3 is 1.54 bits per heavy atom. The highest BCUT2D eigenvalue weighted by molar-refractivity contribution is 14.2. The number of carbonyl (C=O) groups is 2. The van der Waals surface area contributed by atoms with Gasteiger partial charge in [0.05, 0.1) is 16.5 Å². The Labute approximate surface area is 276 Å². The van der Waals surface area contributed by atoms with Crippen LogP contribution in [0, 0.1) is 24.7 Å². The molecule has 2 aromatic carbocycles. The Morgan fingerprint density at radius 1 is 0.976 bits per heavy atom. The zero-order chi connectivity index (χ0) is 34.1. The van der Waals surface area contributed by atoms with Gasteiger partial charge in [0, 0.05) is 6.33 Å². The summed E-state index contributed by atoms with van der Waals surface area (Å²) in [5.41, 5.74) is -0.184. The normalized spacial score (nSPS) is 9.90. The topological polar surface area (TPSA) is 71.1 Å². The van der Waals surface area contributed by atoms with Gasteiger partial charge in [-0.2, -0.15) is 0 Å². The van der Waals surface area contributed by atoms with Crippen LogP contribution in [-0.4, -0.2) is 37.7 Å². The molecule has 2 rings (SSSR count). The predicted octanol–water partition coefficient (Wildman–Crippen LogP) is 9.49. The summed E-state index contributed by atoms with van der Waals surface area (Å²) in [6, 6.07) is 13.6. The number of rotatable bonds is 2. The SMILES string of the molecule is C#Cc1ccccc1OC(=O)OC(C)(C)C.ClCCl.S=PI.[3H]B(C)F.[3H]C#Cc1ccccc1OC(=O)OC(C)(C)C. The van der Waals surface area contributed by atoms with Gasteiger partial charge in [-0.25, -0.2) is 9.59 Å². The van der Waals surface area contributed by atoms with Crippen LogP contribution in [0.3, 0.4) is 0 Å². The van der Waals surface area contributed by atoms with Crippen molar-refractivity contribution < 1.29 is 34.2 Å². The second-order valence-corrected chi connectivity index (χ2v) is 13.7. The molecule has 6 nitrogen and oxygen atoms in total. The molecule has 224 valence electrons. The van der Waals surface area contributed by atoms with Crippen molar-refractivity contribution in [3.8, 4) is 36.2 Å². The van der Waals surface area contributed by atoms with Gasteiger partial charge in [-0.3, -0.25) is 0 Å². The fourth-order valence-electron chi connectivity index (χ4n) is 2.06. The number of ether oxygens (including phenoxy) is 4. The smallest absolute Gasteiger partial charge is 0.428 e. The third-order valence-corrected chi connectivity index (χ3v) is 3.23. The Kier molecular flexibility index (Phi) is 24.3. The Hall–Kier alpha value is -2.08. The molecule has 13 heteroatoms. The summed E-state index contributed by atoms with van der Waals surface area (Å²) in [7, 11) is -1.42. The van der Waals surface area contributed by atoms with Crippen molar-refractivity contribution in [1.82, 2.24) is 0 Å². The number of benzene rings is 2. The van der Waals surface area contributed by atoms with Crippen molar-refractivity contribution in [3.05, 3.63) is 59.7 Å². The van der Waals surface area contributed by atoms with Gasteiger partial charge in [-0.05, 0) is 99.7 Å². The van der Waals surface area contributed by atoms with Crippen molar-refractivity contribution in [2.24, 2.45) is 0 Å². The number of terminal acetylenes is 2. The lowest BCUT2D eigenvalue weighted by Gasteiger charge is -2.18. The molecule has 0 saturated carbocycles. The number of hydrogen-bond donors (Lipinski definition) is 0. The maximum atomic E-state index is 11.4. The van der Waals surface area contributed by atoms with Crippen LogP contribution in [0.1, 0.15) is 54.0 Å². The van der Waals surface area contributed by atoms with E-state index in [0.717, 1.165) is 5.00 Å². The van der Waals surface area contributed by atoms with E-state index in [9.17, 15) is 13.9 Å². The van der Waals surface area contributed by atoms with E-state index < -0.39 is 31.0 Å². The van der Waals surface area contributed by atoms with Crippen LogP contribution in [0.4, 0.5) is 13.9 Å². The summed E-state index contributed by atoms with van der Waals surface area (Å²) < 4.78 is 43.5. The standard InChI is InChI=1S/2C13H14O3.CH4BF.CH2Cl2.IPS/c2*1-5-10-8-6-7-9-11(10)15-12(14)16-13(2,3)4;1-2-3;2-1-3;1-2-3/h2*1,6-9H,2-4H3;2H,1H3;1H2;/i1T;;2T;;. The molecule has 41 heavy (non-hydrogen) atoms. The molecule has 0 heterocycles. The average molecular weight is 761 g/mol. The lowest BCUT2D eigenvalue weighted by molar-refractivity contribution is 0.0192. The molecule has 0 amide bonds. The molecule has 0 aliphatic carbocycles. The van der Waals surface area contributed by atoms with Crippen LogP contribution in [0.25, 0.3) is 0 Å². The minimum absolute atomic E-state index is 0.194. The van der Waals surface area contributed by atoms with Gasteiger partial charge in [0.1, 0.15) is 24.1 Å². The van der Waals surface area contributed by atoms with Crippen LogP contribution in [0.15, 0.2) is 48.5 Å². The third kappa shape index (κ3) is 27.8. The first-order chi connectivity index (χ1) is 19.9. The molecular formula is C28H34BCl2FIO6PS. The maximum absolute atomic E-state index is 11.4. The van der Waals surface area contributed by atoms with Gasteiger partial charge in [0.2, 0.25) is 0 Å². The molecule has 0 spiro atoms. The molecule has 0 aliphatic heterocycles. The largest absolute Gasteiger partial charge is 0.514 e. The van der Waals surface area contributed by atoms with Crippen LogP contribution < -0.4 is 9.47 Å². The lowest BCUT2D eigenvalue weighted by atomic mass is 10.2. The fraction of sp³-hybridized carbons (Fsp3) is 0.357. The number of halogens is 4. The molecule has 0 N–H and O–H groups in total. The summed E-state index contributed by atoms with van der Waals surface area (Å²) in [5.74, 6) is 5.58. The maximum Gasteiger partial charge on any atom is 0.514 e. The van der Waals surface area contributed by atoms with Crippen molar-refractivity contribution in [1.29, 1.82) is 1.34 Å². The molecule has 0 aromatic heterocycles. The Balaban J connectivity index is -0.000000569. The second kappa shape index (κ2) is 25.6. The lowest BCUT2D eigenvalue weighted by Crippen LogP contribution is -2.26. The van der Waals surface area contributed by atoms with Crippen LogP contribution in [-0.2, 0) is 21.3 Å². The molecule has 2 aromatic rings. The fourth-order valence-corrected chi connectivity index (χ4v) is 2.06. The Bertz CT molecular complexity index is 1210. The number of alkyl halides is 2. The minimum atomic E-state index is -1.42. The molecule has 0 bridgehead atoms. The number of hydrogen-bond acceptors (Lipinski definition) is 7. The highest BCUT2D eigenvalue weighted by Crippen LogP contribution is 2.19. The van der Waals surface area contributed by atoms with Gasteiger partial charge in [-0.15, -0.1) is 36.0 Å². The first-order valence-electron chi connectivity index (χ1n) is 12.5. The minimum Gasteiger partial charge on any atom is -0.428 e. The third-order valence-electron chi connectivity index (χ3n) is 3.23. The molecule has 0 radical (unpaired) electrons. The number of para-hydroxylation sites is 2. The van der Waals surface area contributed by atoms with E-state index in [1.807, 2.05) is 6.40 Å². The van der Waals surface area contributed by atoms with Crippen molar-refractivity contribution >= 4 is 81.9 Å². The highest BCUT2D eigenvalue weighted by Gasteiger charge is 2.19. The molecule has 0 atom stereocenters. The summed E-state index contributed by atoms with van der Waals surface area (Å²) in [6.45, 7) is 11.7. The summed E-state index contributed by atoms with van der Waals surface area (Å²) in [5, 5.41) is 0.194. The van der Waals surface area contributed by atoms with E-state index >= 15 is 0 Å². The monoisotopic (exact) mass is 760 g/mol. The van der Waals surface area contributed by atoms with E-state index in [1.54, 1.807) is 90.1 Å². The van der Waals surface area contributed by atoms with Crippen molar-refractivity contribution in [3.63, 3.8) is 0 Å². The first-order valence-corrected chi connectivity index (χ1v) is 17.2. The van der Waals surface area contributed by atoms with E-state index in [2.05, 4.69) is 45.7 Å². The van der Waals surface area contributed by atoms with Crippen LogP contribution >= 0.6 is 50.2 Å². The van der Waals surface area contributed by atoms with Gasteiger partial charge < -0.3 is 23.3 Å². The van der Waals surface area contributed by atoms with Crippen LogP contribution in [0.5, 0.6) is 11.5 Å². The van der Waals surface area contributed by atoms with E-state index in [1.165, 1.54) is 6.82 Å². The highest BCUT2D eigenvalue weighted by atomic mass is 127. The molecular weight excluding hydrogens is 723 g/mol. The van der Waals surface area contributed by atoms with Gasteiger partial charge in [0.25, 0.3) is 0 Å². The summed E-state index contributed by atoms with van der Waals surface area (Å²) in [6.07, 6.45) is 5.75. The summed E-state index contributed by atoms with van der Waals surface area (Å²) in [4.78, 5) is 23.8. The zero-order valence-corrected chi connectivity index (χ0v) is 29.2. The van der Waals surface area contributed by atoms with Crippen molar-refractivity contribution in [2.45, 2.75) is 59.6 Å². The molecule has 0 fully saturated rings. The summed E-state index contributed by atoms with van der Waals surface area (Å²) >= 11 is 16.0. The Morgan fingerprint density at radius 2 is 1.27 bits per heavy atom. The predicted molar refractivity (Wildman–Crippen MR) is 181 cm³/mol. The van der Waals surface area contributed by atoms with Gasteiger partial charge in [0.15, 0.2) is 0 Å². The number of carbonyl (C=O) groups excluding carboxylic acids is 2. The first kappa shape index (κ1) is 38.9. The zero-order valence-electron chi connectivity index (χ0n) is 25.8. The average Bonchev–Trinajstić information content (AvgIpc) is 2.84. The molecule has 0 unspecified atom stereocenters. The van der Waals surface area contributed by atoms with E-state index in [-0.39, 0.29) is 5.34 Å².